The molecule has 5 heteroatoms. The van der Waals surface area contributed by atoms with Crippen molar-refractivity contribution >= 4 is 33.4 Å². The molecular formula is C29H37N3OS. The number of benzene rings is 1. The number of allylic oxidation sites excluding steroid dienone is 2. The predicted molar refractivity (Wildman–Crippen MR) is 141 cm³/mol. The normalized spacial score (nSPS) is 35.3. The fraction of sp³-hybridized carbons (Fsp3) is 0.586. The fourth-order valence-electron chi connectivity index (χ4n) is 8.37. The summed E-state index contributed by atoms with van der Waals surface area (Å²) in [6, 6.07) is 4.49. The van der Waals surface area contributed by atoms with Gasteiger partial charge in [-0.2, -0.15) is 0 Å². The zero-order chi connectivity index (χ0) is 23.8. The maximum atomic E-state index is 9.63. The van der Waals surface area contributed by atoms with Crippen LogP contribution in [0.1, 0.15) is 79.6 Å². The van der Waals surface area contributed by atoms with Gasteiger partial charge in [0, 0.05) is 11.1 Å². The van der Waals surface area contributed by atoms with E-state index >= 15 is 0 Å². The number of fused-ring (bicyclic) bond motifs is 7. The van der Waals surface area contributed by atoms with E-state index in [4.69, 9.17) is 4.98 Å². The molecule has 0 unspecified atom stereocenters. The molecule has 4 aliphatic carbocycles. The van der Waals surface area contributed by atoms with E-state index < -0.39 is 0 Å². The van der Waals surface area contributed by atoms with Gasteiger partial charge in [-0.15, -0.1) is 0 Å². The first kappa shape index (κ1) is 22.3. The smallest absolute Gasteiger partial charge is 0.187 e. The number of nitrogens with one attached hydrogen (secondary N) is 1. The average molecular weight is 476 g/mol. The van der Waals surface area contributed by atoms with Crippen LogP contribution in [0.25, 0.3) is 5.57 Å². The number of hydrogen-bond donors (Lipinski definition) is 2. The van der Waals surface area contributed by atoms with Crippen molar-refractivity contribution < 1.29 is 5.21 Å². The highest BCUT2D eigenvalue weighted by Gasteiger charge is 2.58. The Hall–Kier alpha value is -2.14. The standard InChI is InChI=1S/C29H37N3OS/c1-16-14-17(2)25(18(3)15-16)31-27-30-23-11-13-28(4)21-10-12-29(5)20(8-9-24(29)32-33)19(21)6-7-22(28)26(23)34-27/h7,14-15,19-21,33H,6,8-13H2,1-5H3,(H,30,31)/b32-24+/t19-,20-,21-,28+,29-/m0/s1. The molecule has 2 fully saturated rings. The second-order valence-corrected chi connectivity index (χ2v) is 12.9. The van der Waals surface area contributed by atoms with Crippen LogP contribution in [0.3, 0.4) is 0 Å². The number of rotatable bonds is 2. The molecule has 0 amide bonds. The molecular weight excluding hydrogens is 438 g/mol. The van der Waals surface area contributed by atoms with Crippen LogP contribution in [0.4, 0.5) is 10.8 Å². The molecule has 0 aliphatic heterocycles. The molecule has 4 aliphatic rings. The molecule has 2 N–H and O–H groups in total. The zero-order valence-corrected chi connectivity index (χ0v) is 22.0. The van der Waals surface area contributed by atoms with E-state index in [1.54, 1.807) is 5.57 Å². The van der Waals surface area contributed by atoms with Crippen LogP contribution in [0.5, 0.6) is 0 Å². The number of oxime groups is 1. The molecule has 34 heavy (non-hydrogen) atoms. The molecule has 2 aromatic rings. The van der Waals surface area contributed by atoms with Gasteiger partial charge in [-0.1, -0.05) is 54.1 Å². The van der Waals surface area contributed by atoms with Crippen molar-refractivity contribution in [3.63, 3.8) is 0 Å². The zero-order valence-electron chi connectivity index (χ0n) is 21.2. The number of aromatic nitrogens is 1. The van der Waals surface area contributed by atoms with Gasteiger partial charge in [0.1, 0.15) is 0 Å². The Bertz CT molecular complexity index is 1200. The van der Waals surface area contributed by atoms with Gasteiger partial charge >= 0.3 is 0 Å². The number of thiazole rings is 1. The number of hydrogen-bond acceptors (Lipinski definition) is 5. The minimum Gasteiger partial charge on any atom is -0.411 e. The van der Waals surface area contributed by atoms with Gasteiger partial charge in [-0.3, -0.25) is 0 Å². The summed E-state index contributed by atoms with van der Waals surface area (Å²) in [7, 11) is 0. The molecule has 6 rings (SSSR count). The van der Waals surface area contributed by atoms with Crippen molar-refractivity contribution in [3.05, 3.63) is 45.5 Å². The summed E-state index contributed by atoms with van der Waals surface area (Å²) in [5, 5.41) is 18.1. The molecule has 4 nitrogen and oxygen atoms in total. The quantitative estimate of drug-likeness (QED) is 0.344. The SMILES string of the molecule is Cc1cc(C)c(Nc2nc3c(s2)C2=CC[C@@H]4[C@H](CC[C@]5(C)/C(=N/O)CC[C@@H]45)[C@@]2(C)CC3)c(C)c1. The van der Waals surface area contributed by atoms with Crippen LogP contribution in [0, 0.1) is 49.4 Å². The highest BCUT2D eigenvalue weighted by molar-refractivity contribution is 7.16. The molecule has 0 saturated heterocycles. The Balaban J connectivity index is 1.33. The lowest BCUT2D eigenvalue weighted by Crippen LogP contribution is -2.49. The summed E-state index contributed by atoms with van der Waals surface area (Å²) >= 11 is 1.86. The van der Waals surface area contributed by atoms with E-state index in [0.29, 0.717) is 11.8 Å². The Kier molecular flexibility index (Phi) is 5.04. The summed E-state index contributed by atoms with van der Waals surface area (Å²) < 4.78 is 0. The second kappa shape index (κ2) is 7.68. The highest BCUT2D eigenvalue weighted by atomic mass is 32.1. The first-order valence-corrected chi connectivity index (χ1v) is 13.8. The number of anilines is 2. The van der Waals surface area contributed by atoms with Gasteiger partial charge in [0.25, 0.3) is 0 Å². The maximum Gasteiger partial charge on any atom is 0.187 e. The molecule has 1 heterocycles. The molecule has 0 spiro atoms. The van der Waals surface area contributed by atoms with Crippen molar-refractivity contribution in [2.45, 2.75) is 79.6 Å². The Morgan fingerprint density at radius 3 is 2.50 bits per heavy atom. The van der Waals surface area contributed by atoms with Gasteiger partial charge in [-0.05, 0) is 106 Å². The monoisotopic (exact) mass is 475 g/mol. The predicted octanol–water partition coefficient (Wildman–Crippen LogP) is 7.82. The summed E-state index contributed by atoms with van der Waals surface area (Å²) in [5.74, 6) is 2.08. The minimum absolute atomic E-state index is 0.1000. The van der Waals surface area contributed by atoms with E-state index in [0.717, 1.165) is 42.4 Å². The van der Waals surface area contributed by atoms with Gasteiger partial charge in [-0.25, -0.2) is 4.98 Å². The fourth-order valence-corrected chi connectivity index (χ4v) is 9.56. The lowest BCUT2D eigenvalue weighted by Gasteiger charge is -2.56. The van der Waals surface area contributed by atoms with Crippen LogP contribution < -0.4 is 5.32 Å². The molecule has 0 radical (unpaired) electrons. The van der Waals surface area contributed by atoms with E-state index in [1.807, 2.05) is 11.3 Å². The van der Waals surface area contributed by atoms with Gasteiger partial charge in [0.15, 0.2) is 5.13 Å². The van der Waals surface area contributed by atoms with E-state index in [2.05, 4.69) is 63.3 Å². The highest BCUT2D eigenvalue weighted by Crippen LogP contribution is 2.65. The van der Waals surface area contributed by atoms with Crippen molar-refractivity contribution in [1.29, 1.82) is 0 Å². The topological polar surface area (TPSA) is 57.5 Å². The third-order valence-electron chi connectivity index (χ3n) is 10.1. The molecule has 0 bridgehead atoms. The number of aryl methyl sites for hydroxylation is 4. The Morgan fingerprint density at radius 1 is 1.03 bits per heavy atom. The third kappa shape index (κ3) is 3.08. The van der Waals surface area contributed by atoms with Crippen molar-refractivity contribution in [2.75, 3.05) is 5.32 Å². The molecule has 1 aromatic heterocycles. The van der Waals surface area contributed by atoms with E-state index in [9.17, 15) is 5.21 Å². The second-order valence-electron chi connectivity index (χ2n) is 11.9. The summed E-state index contributed by atoms with van der Waals surface area (Å²) in [6.07, 6.45) is 10.6. The van der Waals surface area contributed by atoms with Crippen molar-refractivity contribution in [3.8, 4) is 0 Å². The molecule has 2 saturated carbocycles. The molecule has 5 atom stereocenters. The lowest BCUT2D eigenvalue weighted by molar-refractivity contribution is 0.0110. The van der Waals surface area contributed by atoms with Crippen LogP contribution in [-0.2, 0) is 6.42 Å². The summed E-state index contributed by atoms with van der Waals surface area (Å²) in [4.78, 5) is 6.51. The minimum atomic E-state index is 0.1000. The van der Waals surface area contributed by atoms with E-state index in [1.165, 1.54) is 52.2 Å². The maximum absolute atomic E-state index is 9.63. The molecule has 180 valence electrons. The van der Waals surface area contributed by atoms with Crippen LogP contribution >= 0.6 is 11.3 Å². The van der Waals surface area contributed by atoms with Crippen molar-refractivity contribution in [2.24, 2.45) is 33.7 Å². The van der Waals surface area contributed by atoms with Crippen LogP contribution in [0.15, 0.2) is 23.4 Å². The first-order valence-electron chi connectivity index (χ1n) is 13.0. The van der Waals surface area contributed by atoms with Gasteiger partial charge in [0.05, 0.1) is 16.3 Å². The first-order chi connectivity index (χ1) is 16.2. The van der Waals surface area contributed by atoms with Crippen LogP contribution in [0.2, 0.25) is 0 Å². The van der Waals surface area contributed by atoms with E-state index in [-0.39, 0.29) is 10.8 Å². The van der Waals surface area contributed by atoms with Gasteiger partial charge in [0.2, 0.25) is 0 Å². The summed E-state index contributed by atoms with van der Waals surface area (Å²) in [5.41, 5.74) is 9.31. The average Bonchev–Trinajstić information content (AvgIpc) is 3.35. The van der Waals surface area contributed by atoms with Crippen LogP contribution in [-0.4, -0.2) is 15.9 Å². The van der Waals surface area contributed by atoms with Gasteiger partial charge < -0.3 is 10.5 Å². The number of nitrogens with zero attached hydrogens (tertiary/aromatic N) is 2. The summed E-state index contributed by atoms with van der Waals surface area (Å²) in [6.45, 7) is 11.4. The van der Waals surface area contributed by atoms with Crippen molar-refractivity contribution in [1.82, 2.24) is 4.98 Å². The molecule has 1 aromatic carbocycles. The lowest BCUT2D eigenvalue weighted by atomic mass is 9.48. The largest absolute Gasteiger partial charge is 0.411 e. The Morgan fingerprint density at radius 2 is 1.76 bits per heavy atom. The third-order valence-corrected chi connectivity index (χ3v) is 11.1. The Labute approximate surface area is 207 Å².